The molecule has 0 aliphatic heterocycles. The van der Waals surface area contributed by atoms with Crippen LogP contribution >= 0.6 is 20.2 Å². The van der Waals surface area contributed by atoms with Gasteiger partial charge in [0, 0.05) is 0 Å². The molecule has 1 N–H and O–H groups in total. The second-order valence-electron chi connectivity index (χ2n) is 4.11. The van der Waals surface area contributed by atoms with Crippen molar-refractivity contribution in [3.63, 3.8) is 0 Å². The van der Waals surface area contributed by atoms with Gasteiger partial charge in [-0.3, -0.25) is 0 Å². The molecule has 0 saturated heterocycles. The molecule has 0 spiro atoms. The SMILES string of the molecule is O=S(=O)(O)OI(c1c(F)cc(F)cc1F)c1c(F)cc(F)cc1F. The molecule has 0 aromatic heterocycles. The molecule has 0 unspecified atom stereocenters. The Balaban J connectivity index is 2.77. The second-order valence-corrected chi connectivity index (χ2v) is 9.74. The van der Waals surface area contributed by atoms with Crippen molar-refractivity contribution in [2.45, 2.75) is 0 Å². The molecule has 2 aromatic carbocycles. The first-order chi connectivity index (χ1) is 11.0. The van der Waals surface area contributed by atoms with E-state index in [4.69, 9.17) is 4.55 Å². The molecule has 4 nitrogen and oxygen atoms in total. The number of benzene rings is 2. The summed E-state index contributed by atoms with van der Waals surface area (Å²) in [6, 6.07) is 0.538. The van der Waals surface area contributed by atoms with Crippen LogP contribution in [-0.2, 0) is 12.9 Å². The van der Waals surface area contributed by atoms with E-state index in [-0.39, 0.29) is 24.3 Å². The van der Waals surface area contributed by atoms with Crippen LogP contribution < -0.4 is 0 Å². The summed E-state index contributed by atoms with van der Waals surface area (Å²) in [5.41, 5.74) is 0. The van der Waals surface area contributed by atoms with Crippen molar-refractivity contribution in [1.29, 1.82) is 0 Å². The van der Waals surface area contributed by atoms with Crippen molar-refractivity contribution >= 4 is 30.6 Å². The number of hydrogen-bond donors (Lipinski definition) is 1. The van der Waals surface area contributed by atoms with Gasteiger partial charge < -0.3 is 0 Å². The van der Waals surface area contributed by atoms with E-state index in [2.05, 4.69) is 2.51 Å². The zero-order valence-corrected chi connectivity index (χ0v) is 14.0. The summed E-state index contributed by atoms with van der Waals surface area (Å²) >= 11 is -4.67. The number of rotatable bonds is 4. The van der Waals surface area contributed by atoms with Gasteiger partial charge in [-0.25, -0.2) is 0 Å². The first kappa shape index (κ1) is 19.0. The zero-order valence-electron chi connectivity index (χ0n) is 11.0. The van der Waals surface area contributed by atoms with Crippen LogP contribution in [0, 0.1) is 42.0 Å². The molecule has 0 radical (unpaired) electrons. The minimum atomic E-state index is -5.39. The van der Waals surface area contributed by atoms with Crippen LogP contribution in [0.3, 0.4) is 0 Å². The molecule has 0 atom stereocenters. The van der Waals surface area contributed by atoms with Gasteiger partial charge in [-0.05, 0) is 0 Å². The molecule has 2 aromatic rings. The monoisotopic (exact) mass is 486 g/mol. The Labute approximate surface area is 138 Å². The van der Waals surface area contributed by atoms with Gasteiger partial charge in [-0.15, -0.1) is 0 Å². The molecule has 0 aliphatic rings. The third kappa shape index (κ3) is 4.17. The maximum atomic E-state index is 13.8. The average molecular weight is 486 g/mol. The van der Waals surface area contributed by atoms with Crippen LogP contribution in [0.2, 0.25) is 0 Å². The van der Waals surface area contributed by atoms with Crippen molar-refractivity contribution < 1.29 is 41.8 Å². The van der Waals surface area contributed by atoms with Crippen molar-refractivity contribution in [3.8, 4) is 0 Å². The van der Waals surface area contributed by atoms with E-state index in [0.29, 0.717) is 0 Å². The average Bonchev–Trinajstić information content (AvgIpc) is 2.33. The third-order valence-corrected chi connectivity index (χ3v) is 9.13. The van der Waals surface area contributed by atoms with E-state index in [0.717, 1.165) is 0 Å². The molecular weight excluding hydrogens is 481 g/mol. The molecular formula is C12H5F6IO4S. The molecule has 2 rings (SSSR count). The Morgan fingerprint density at radius 3 is 1.29 bits per heavy atom. The van der Waals surface area contributed by atoms with Gasteiger partial charge in [0.2, 0.25) is 0 Å². The molecule has 12 heteroatoms. The van der Waals surface area contributed by atoms with Gasteiger partial charge in [0.05, 0.1) is 0 Å². The normalized spacial score (nSPS) is 12.4. The second kappa shape index (κ2) is 6.85. The fraction of sp³-hybridized carbons (Fsp3) is 0. The topological polar surface area (TPSA) is 63.6 Å². The van der Waals surface area contributed by atoms with Gasteiger partial charge in [0.15, 0.2) is 0 Å². The molecule has 0 fully saturated rings. The standard InChI is InChI=1S/C12H5F6IO4S/c13-5-1-7(15)11(8(16)2-5)19(23-24(20,21)22)12-9(17)3-6(14)4-10(12)18/h1-4H,(H,20,21,22). The Morgan fingerprint density at radius 2 is 1.04 bits per heavy atom. The number of halogens is 7. The molecule has 0 saturated carbocycles. The predicted octanol–water partition coefficient (Wildman–Crippen LogP) is 3.80. The summed E-state index contributed by atoms with van der Waals surface area (Å²) < 4.78 is 113. The van der Waals surface area contributed by atoms with Crippen LogP contribution in [0.1, 0.15) is 0 Å². The molecule has 0 heterocycles. The van der Waals surface area contributed by atoms with E-state index in [9.17, 15) is 34.8 Å². The fourth-order valence-corrected chi connectivity index (χ4v) is 7.38. The summed E-state index contributed by atoms with van der Waals surface area (Å²) in [4.78, 5) is 0. The van der Waals surface area contributed by atoms with E-state index < -0.39 is 72.7 Å². The van der Waals surface area contributed by atoms with E-state index >= 15 is 0 Å². The first-order valence-corrected chi connectivity index (χ1v) is 10.1. The van der Waals surface area contributed by atoms with Crippen molar-refractivity contribution in [2.75, 3.05) is 0 Å². The summed E-state index contributed by atoms with van der Waals surface area (Å²) in [6.07, 6.45) is 0. The fourth-order valence-electron chi connectivity index (χ4n) is 1.61. The Hall–Kier alpha value is -1.38. The van der Waals surface area contributed by atoms with Crippen LogP contribution in [0.25, 0.3) is 0 Å². The molecule has 0 aliphatic carbocycles. The zero-order chi connectivity index (χ0) is 18.2. The van der Waals surface area contributed by atoms with Crippen LogP contribution in [0.5, 0.6) is 0 Å². The van der Waals surface area contributed by atoms with Gasteiger partial charge in [-0.1, -0.05) is 0 Å². The van der Waals surface area contributed by atoms with E-state index in [1.165, 1.54) is 0 Å². The van der Waals surface area contributed by atoms with Gasteiger partial charge in [0.1, 0.15) is 0 Å². The van der Waals surface area contributed by atoms with Gasteiger partial charge in [0.25, 0.3) is 0 Å². The Bertz CT molecular complexity index is 801. The third-order valence-electron chi connectivity index (χ3n) is 2.38. The van der Waals surface area contributed by atoms with E-state index in [1.807, 2.05) is 0 Å². The molecule has 24 heavy (non-hydrogen) atoms. The first-order valence-electron chi connectivity index (χ1n) is 5.66. The quantitative estimate of drug-likeness (QED) is 0.235. The summed E-state index contributed by atoms with van der Waals surface area (Å²) in [5.74, 6) is -9.46. The minimum absolute atomic E-state index is 0.135. The number of hydrogen-bond acceptors (Lipinski definition) is 3. The maximum absolute atomic E-state index is 13.8. The molecule has 0 bridgehead atoms. The summed E-state index contributed by atoms with van der Waals surface area (Å²) in [7, 11) is -5.39. The van der Waals surface area contributed by atoms with Crippen LogP contribution in [0.4, 0.5) is 26.3 Å². The Kier molecular flexibility index (Phi) is 5.41. The van der Waals surface area contributed by atoms with Crippen molar-refractivity contribution in [3.05, 3.63) is 66.3 Å². The van der Waals surface area contributed by atoms with Crippen molar-refractivity contribution in [2.24, 2.45) is 0 Å². The van der Waals surface area contributed by atoms with Gasteiger partial charge in [-0.2, -0.15) is 0 Å². The Morgan fingerprint density at radius 1 is 0.750 bits per heavy atom. The van der Waals surface area contributed by atoms with E-state index in [1.54, 1.807) is 0 Å². The summed E-state index contributed by atoms with van der Waals surface area (Å²) in [6.45, 7) is 0. The van der Waals surface area contributed by atoms with Crippen LogP contribution in [-0.4, -0.2) is 13.0 Å². The predicted molar refractivity (Wildman–Crippen MR) is 76.7 cm³/mol. The van der Waals surface area contributed by atoms with Crippen molar-refractivity contribution in [1.82, 2.24) is 0 Å². The van der Waals surface area contributed by atoms with Gasteiger partial charge >= 0.3 is 139 Å². The molecule has 0 amide bonds. The summed E-state index contributed by atoms with van der Waals surface area (Å²) in [5, 5.41) is 0. The van der Waals surface area contributed by atoms with Crippen LogP contribution in [0.15, 0.2) is 24.3 Å². The molecule has 132 valence electrons.